The number of pyridine rings is 1. The second-order valence-electron chi connectivity index (χ2n) is 8.96. The van der Waals surface area contributed by atoms with Crippen LogP contribution in [0.1, 0.15) is 47.9 Å². The molecule has 0 aromatic carbocycles. The molecule has 4 heterocycles. The van der Waals surface area contributed by atoms with Crippen LogP contribution in [0.15, 0.2) is 18.3 Å². The van der Waals surface area contributed by atoms with Gasteiger partial charge in [0, 0.05) is 43.8 Å². The number of likely N-dealkylation sites (tertiary alicyclic amines) is 1. The van der Waals surface area contributed by atoms with Crippen LogP contribution in [0.3, 0.4) is 0 Å². The molecule has 0 saturated carbocycles. The van der Waals surface area contributed by atoms with E-state index in [0.717, 1.165) is 75.6 Å². The molecule has 2 saturated heterocycles. The first-order valence-electron chi connectivity index (χ1n) is 11.6. The van der Waals surface area contributed by atoms with Crippen molar-refractivity contribution in [3.05, 3.63) is 40.4 Å². The number of piperazine rings is 1. The quantitative estimate of drug-likeness (QED) is 0.613. The Morgan fingerprint density at radius 3 is 2.58 bits per heavy atom. The zero-order chi connectivity index (χ0) is 23.5. The summed E-state index contributed by atoms with van der Waals surface area (Å²) in [6.07, 6.45) is 4.85. The van der Waals surface area contributed by atoms with Gasteiger partial charge in [-0.25, -0.2) is 15.0 Å². The molecule has 2 aromatic rings. The van der Waals surface area contributed by atoms with Gasteiger partial charge in [-0.05, 0) is 45.3 Å². The lowest BCUT2D eigenvalue weighted by molar-refractivity contribution is 0.0610. The predicted molar refractivity (Wildman–Crippen MR) is 130 cm³/mol. The van der Waals surface area contributed by atoms with Crippen LogP contribution >= 0.6 is 11.6 Å². The van der Waals surface area contributed by atoms with E-state index in [0.29, 0.717) is 23.1 Å². The summed E-state index contributed by atoms with van der Waals surface area (Å²) in [4.78, 5) is 31.8. The fourth-order valence-electron chi connectivity index (χ4n) is 5.07. The third-order valence-electron chi connectivity index (χ3n) is 6.87. The number of primary amides is 1. The highest BCUT2D eigenvalue weighted by Crippen LogP contribution is 2.27. The number of carbonyl (C=O) groups is 1. The summed E-state index contributed by atoms with van der Waals surface area (Å²) in [5.74, 6) is 0.825. The van der Waals surface area contributed by atoms with Crippen molar-refractivity contribution in [2.45, 2.75) is 51.7 Å². The van der Waals surface area contributed by atoms with Gasteiger partial charge in [0.2, 0.25) is 0 Å². The Morgan fingerprint density at radius 2 is 1.94 bits per heavy atom. The number of aromatic nitrogens is 3. The number of hydrogen-bond donors (Lipinski definition) is 2. The van der Waals surface area contributed by atoms with Crippen molar-refractivity contribution < 1.29 is 4.79 Å². The van der Waals surface area contributed by atoms with Crippen LogP contribution in [0.4, 0.5) is 11.6 Å². The number of aryl methyl sites for hydroxylation is 1. The van der Waals surface area contributed by atoms with Crippen molar-refractivity contribution in [2.75, 3.05) is 43.4 Å². The molecular weight excluding hydrogens is 440 g/mol. The Bertz CT molecular complexity index is 994. The van der Waals surface area contributed by atoms with Crippen LogP contribution in [0, 0.1) is 6.92 Å². The standard InChI is InChI=1S/C23H33ClN8O/c1-3-17-14-31(23-15(2)28-19(12-27-23)22(26)33)10-11-32(17)18-6-8-30(9-7-18)13-16-4-5-20(24)29-21(16)25/h4-5,12,17-18H,3,6-11,13-14H2,1-2H3,(H2,25,29)(H2,26,33)/t17-/m0/s1. The van der Waals surface area contributed by atoms with Crippen LogP contribution in [-0.4, -0.2) is 75.5 Å². The molecule has 10 heteroatoms. The van der Waals surface area contributed by atoms with E-state index in [9.17, 15) is 4.79 Å². The average Bonchev–Trinajstić information content (AvgIpc) is 2.81. The third-order valence-corrected chi connectivity index (χ3v) is 7.08. The van der Waals surface area contributed by atoms with Crippen molar-refractivity contribution >= 4 is 29.1 Å². The maximum Gasteiger partial charge on any atom is 0.268 e. The molecule has 33 heavy (non-hydrogen) atoms. The predicted octanol–water partition coefficient (Wildman–Crippen LogP) is 2.08. The number of nitrogens with two attached hydrogens (primary N) is 2. The second-order valence-corrected chi connectivity index (χ2v) is 9.35. The van der Waals surface area contributed by atoms with E-state index in [4.69, 9.17) is 23.1 Å². The summed E-state index contributed by atoms with van der Waals surface area (Å²) in [7, 11) is 0. The molecular formula is C23H33ClN8O. The molecule has 2 aromatic heterocycles. The van der Waals surface area contributed by atoms with Gasteiger partial charge in [0.15, 0.2) is 0 Å². The zero-order valence-corrected chi connectivity index (χ0v) is 20.1. The molecule has 0 aliphatic carbocycles. The summed E-state index contributed by atoms with van der Waals surface area (Å²) in [6, 6.07) is 4.82. The fraction of sp³-hybridized carbons (Fsp3) is 0.565. The number of nitrogens with zero attached hydrogens (tertiary/aromatic N) is 6. The molecule has 2 aliphatic heterocycles. The summed E-state index contributed by atoms with van der Waals surface area (Å²) >= 11 is 5.93. The van der Waals surface area contributed by atoms with Crippen molar-refractivity contribution in [2.24, 2.45) is 5.73 Å². The van der Waals surface area contributed by atoms with E-state index in [1.807, 2.05) is 13.0 Å². The molecule has 0 radical (unpaired) electrons. The van der Waals surface area contributed by atoms with Gasteiger partial charge in [-0.1, -0.05) is 24.6 Å². The lowest BCUT2D eigenvalue weighted by Crippen LogP contribution is -2.58. The summed E-state index contributed by atoms with van der Waals surface area (Å²) in [5.41, 5.74) is 13.4. The number of carbonyl (C=O) groups excluding carboxylic acids is 1. The molecule has 0 spiro atoms. The van der Waals surface area contributed by atoms with E-state index >= 15 is 0 Å². The first-order valence-corrected chi connectivity index (χ1v) is 12.0. The normalized spacial score (nSPS) is 20.8. The van der Waals surface area contributed by atoms with Crippen LogP contribution in [0.25, 0.3) is 0 Å². The monoisotopic (exact) mass is 472 g/mol. The van der Waals surface area contributed by atoms with Gasteiger partial charge in [0.05, 0.1) is 11.9 Å². The smallest absolute Gasteiger partial charge is 0.268 e. The van der Waals surface area contributed by atoms with Gasteiger partial charge < -0.3 is 16.4 Å². The molecule has 0 bridgehead atoms. The van der Waals surface area contributed by atoms with Crippen molar-refractivity contribution in [3.63, 3.8) is 0 Å². The van der Waals surface area contributed by atoms with Gasteiger partial charge >= 0.3 is 0 Å². The van der Waals surface area contributed by atoms with E-state index in [1.165, 1.54) is 6.20 Å². The minimum atomic E-state index is -0.547. The summed E-state index contributed by atoms with van der Waals surface area (Å²) < 4.78 is 0. The Hall–Kier alpha value is -2.49. The Labute approximate surface area is 200 Å². The molecule has 0 unspecified atom stereocenters. The first-order chi connectivity index (χ1) is 15.9. The van der Waals surface area contributed by atoms with Gasteiger partial charge in [-0.2, -0.15) is 0 Å². The second kappa shape index (κ2) is 10.2. The SMILES string of the molecule is CC[C@H]1CN(c2ncc(C(N)=O)nc2C)CCN1C1CCN(Cc2ccc(Cl)nc2N)CC1. The molecule has 2 aliphatic rings. The molecule has 4 N–H and O–H groups in total. The number of piperidine rings is 1. The molecule has 4 rings (SSSR count). The number of amides is 1. The van der Waals surface area contributed by atoms with Gasteiger partial charge in [-0.3, -0.25) is 14.6 Å². The topological polar surface area (TPSA) is 118 Å². The summed E-state index contributed by atoms with van der Waals surface area (Å²) in [5, 5.41) is 0.435. The zero-order valence-electron chi connectivity index (χ0n) is 19.4. The maximum absolute atomic E-state index is 11.4. The Kier molecular flexibility index (Phi) is 7.31. The van der Waals surface area contributed by atoms with Crippen molar-refractivity contribution in [3.8, 4) is 0 Å². The highest BCUT2D eigenvalue weighted by Gasteiger charge is 2.34. The van der Waals surface area contributed by atoms with E-state index in [-0.39, 0.29) is 5.69 Å². The molecule has 1 atom stereocenters. The molecule has 1 amide bonds. The van der Waals surface area contributed by atoms with E-state index < -0.39 is 5.91 Å². The van der Waals surface area contributed by atoms with Crippen LogP contribution in [0.2, 0.25) is 5.15 Å². The fourth-order valence-corrected chi connectivity index (χ4v) is 5.23. The lowest BCUT2D eigenvalue weighted by atomic mass is 9.98. The van der Waals surface area contributed by atoms with Crippen molar-refractivity contribution in [1.29, 1.82) is 0 Å². The average molecular weight is 473 g/mol. The molecule has 9 nitrogen and oxygen atoms in total. The summed E-state index contributed by atoms with van der Waals surface area (Å²) in [6.45, 7) is 9.85. The third kappa shape index (κ3) is 5.37. The van der Waals surface area contributed by atoms with E-state index in [2.05, 4.69) is 36.6 Å². The number of hydrogen-bond acceptors (Lipinski definition) is 8. The van der Waals surface area contributed by atoms with Crippen LogP contribution in [-0.2, 0) is 6.54 Å². The lowest BCUT2D eigenvalue weighted by Gasteiger charge is -2.47. The number of rotatable bonds is 6. The van der Waals surface area contributed by atoms with Crippen molar-refractivity contribution in [1.82, 2.24) is 24.8 Å². The Morgan fingerprint density at radius 1 is 1.18 bits per heavy atom. The van der Waals surface area contributed by atoms with Crippen LogP contribution < -0.4 is 16.4 Å². The number of halogens is 1. The molecule has 178 valence electrons. The van der Waals surface area contributed by atoms with Crippen LogP contribution in [0.5, 0.6) is 0 Å². The number of anilines is 2. The molecule has 2 fully saturated rings. The largest absolute Gasteiger partial charge is 0.383 e. The maximum atomic E-state index is 11.4. The number of nitrogen functional groups attached to an aromatic ring is 1. The van der Waals surface area contributed by atoms with E-state index in [1.54, 1.807) is 6.07 Å². The highest BCUT2D eigenvalue weighted by molar-refractivity contribution is 6.29. The van der Waals surface area contributed by atoms with Gasteiger partial charge in [0.1, 0.15) is 22.5 Å². The van der Waals surface area contributed by atoms with Gasteiger partial charge in [-0.15, -0.1) is 0 Å². The highest BCUT2D eigenvalue weighted by atomic mass is 35.5. The minimum Gasteiger partial charge on any atom is -0.383 e. The minimum absolute atomic E-state index is 0.213. The first kappa shape index (κ1) is 23.7. The Balaban J connectivity index is 1.35. The van der Waals surface area contributed by atoms with Gasteiger partial charge in [0.25, 0.3) is 5.91 Å².